The van der Waals surface area contributed by atoms with E-state index in [2.05, 4.69) is 12.2 Å². The predicted octanol–water partition coefficient (Wildman–Crippen LogP) is 5.21. The van der Waals surface area contributed by atoms with E-state index in [0.717, 1.165) is 63.6 Å². The monoisotopic (exact) mass is 459 g/mol. The van der Waals surface area contributed by atoms with Crippen LogP contribution in [0.25, 0.3) is 10.9 Å². The Labute approximate surface area is 200 Å². The van der Waals surface area contributed by atoms with Crippen molar-refractivity contribution in [3.05, 3.63) is 65.9 Å². The topological polar surface area (TPSA) is 71.4 Å². The van der Waals surface area contributed by atoms with Crippen molar-refractivity contribution in [3.8, 4) is 0 Å². The summed E-state index contributed by atoms with van der Waals surface area (Å²) in [5, 5.41) is 3.41. The van der Waals surface area contributed by atoms with Gasteiger partial charge in [0.1, 0.15) is 6.54 Å². The number of benzene rings is 2. The van der Waals surface area contributed by atoms with Crippen molar-refractivity contribution in [2.75, 3.05) is 18.4 Å². The lowest BCUT2D eigenvalue weighted by Crippen LogP contribution is -2.34. The van der Waals surface area contributed by atoms with Gasteiger partial charge in [-0.25, -0.2) is 0 Å². The van der Waals surface area contributed by atoms with Crippen LogP contribution in [0, 0.1) is 0 Å². The van der Waals surface area contributed by atoms with Gasteiger partial charge in [-0.3, -0.25) is 14.4 Å². The number of fused-ring (bicyclic) bond motifs is 1. The molecular weight excluding hydrogens is 426 g/mol. The van der Waals surface area contributed by atoms with E-state index >= 15 is 0 Å². The minimum Gasteiger partial charge on any atom is -0.341 e. The summed E-state index contributed by atoms with van der Waals surface area (Å²) in [7, 11) is 0. The summed E-state index contributed by atoms with van der Waals surface area (Å²) in [6.45, 7) is 3.88. The van der Waals surface area contributed by atoms with E-state index in [9.17, 15) is 14.4 Å². The number of hydrogen-bond acceptors (Lipinski definition) is 3. The summed E-state index contributed by atoms with van der Waals surface area (Å²) in [5.74, 6) is -1.23. The van der Waals surface area contributed by atoms with Gasteiger partial charge >= 0.3 is 0 Å². The fraction of sp³-hybridized carbons (Fsp3) is 0.393. The van der Waals surface area contributed by atoms with E-state index in [1.807, 2.05) is 53.4 Å². The molecule has 1 aromatic heterocycles. The Morgan fingerprint density at radius 2 is 1.62 bits per heavy atom. The maximum absolute atomic E-state index is 13.1. The maximum atomic E-state index is 13.1. The fourth-order valence-electron chi connectivity index (χ4n) is 4.57. The first-order chi connectivity index (χ1) is 16.6. The quantitative estimate of drug-likeness (QED) is 0.371. The van der Waals surface area contributed by atoms with Crippen LogP contribution in [-0.2, 0) is 22.6 Å². The highest BCUT2D eigenvalue weighted by molar-refractivity contribution is 6.48. The molecule has 1 N–H and O–H groups in total. The SMILES string of the molecule is CCCCc1ccc(NC(=O)C(=O)c2cn(CC(=O)N3CCCCCC3)c3ccccc23)cc1. The maximum Gasteiger partial charge on any atom is 0.296 e. The lowest BCUT2D eigenvalue weighted by molar-refractivity contribution is -0.131. The van der Waals surface area contributed by atoms with Gasteiger partial charge in [0.2, 0.25) is 5.91 Å². The number of nitrogens with zero attached hydrogens (tertiary/aromatic N) is 2. The summed E-state index contributed by atoms with van der Waals surface area (Å²) in [6.07, 6.45) is 9.27. The summed E-state index contributed by atoms with van der Waals surface area (Å²) in [4.78, 5) is 40.8. The molecule has 6 nitrogen and oxygen atoms in total. The third kappa shape index (κ3) is 5.56. The number of likely N-dealkylation sites (tertiary alicyclic amines) is 1. The van der Waals surface area contributed by atoms with Crippen molar-refractivity contribution in [2.45, 2.75) is 58.4 Å². The lowest BCUT2D eigenvalue weighted by atomic mass is 10.1. The molecule has 0 unspecified atom stereocenters. The Kier molecular flexibility index (Phi) is 7.78. The molecule has 6 heteroatoms. The van der Waals surface area contributed by atoms with Gasteiger partial charge in [0.05, 0.1) is 5.56 Å². The zero-order chi connectivity index (χ0) is 23.9. The highest BCUT2D eigenvalue weighted by Gasteiger charge is 2.23. The standard InChI is InChI=1S/C28H33N3O3/c1-2-3-10-21-13-15-22(16-14-21)29-28(34)27(33)24-19-31(25-12-7-6-11-23(24)25)20-26(32)30-17-8-4-5-9-18-30/h6-7,11-16,19H,2-5,8-10,17-18,20H2,1H3,(H,29,34). The number of carbonyl (C=O) groups excluding carboxylic acids is 3. The molecule has 0 aliphatic carbocycles. The second-order valence-corrected chi connectivity index (χ2v) is 9.07. The van der Waals surface area contributed by atoms with Crippen LogP contribution >= 0.6 is 0 Å². The molecular formula is C28H33N3O3. The molecule has 1 aliphatic rings. The van der Waals surface area contributed by atoms with Crippen LogP contribution in [0.1, 0.15) is 61.4 Å². The summed E-state index contributed by atoms with van der Waals surface area (Å²) in [6, 6.07) is 15.1. The number of Topliss-reactive ketones (excluding diaryl/α,β-unsaturated/α-hetero) is 1. The smallest absolute Gasteiger partial charge is 0.296 e. The highest BCUT2D eigenvalue weighted by atomic mass is 16.2. The van der Waals surface area contributed by atoms with Crippen molar-refractivity contribution in [3.63, 3.8) is 0 Å². The summed E-state index contributed by atoms with van der Waals surface area (Å²) < 4.78 is 1.80. The minimum absolute atomic E-state index is 0.0502. The largest absolute Gasteiger partial charge is 0.341 e. The first kappa shape index (κ1) is 23.7. The first-order valence-electron chi connectivity index (χ1n) is 12.4. The van der Waals surface area contributed by atoms with Crippen LogP contribution in [0.2, 0.25) is 0 Å². The molecule has 2 amide bonds. The molecule has 178 valence electrons. The fourth-order valence-corrected chi connectivity index (χ4v) is 4.57. The van der Waals surface area contributed by atoms with Crippen molar-refractivity contribution < 1.29 is 14.4 Å². The van der Waals surface area contributed by atoms with Gasteiger partial charge in [0.25, 0.3) is 11.7 Å². The van der Waals surface area contributed by atoms with Crippen LogP contribution in [-0.4, -0.2) is 40.2 Å². The summed E-state index contributed by atoms with van der Waals surface area (Å²) in [5.41, 5.74) is 2.90. The molecule has 0 atom stereocenters. The van der Waals surface area contributed by atoms with Gasteiger partial charge in [-0.2, -0.15) is 0 Å². The van der Waals surface area contributed by atoms with E-state index in [1.54, 1.807) is 10.8 Å². The Morgan fingerprint density at radius 3 is 2.32 bits per heavy atom. The third-order valence-corrected chi connectivity index (χ3v) is 6.53. The molecule has 2 heterocycles. The number of anilines is 1. The van der Waals surface area contributed by atoms with Gasteiger partial charge in [-0.1, -0.05) is 56.5 Å². The molecule has 1 fully saturated rings. The number of amides is 2. The second-order valence-electron chi connectivity index (χ2n) is 9.07. The zero-order valence-corrected chi connectivity index (χ0v) is 19.9. The van der Waals surface area contributed by atoms with Crippen molar-refractivity contribution in [1.82, 2.24) is 9.47 Å². The molecule has 1 aliphatic heterocycles. The number of nitrogens with one attached hydrogen (secondary N) is 1. The van der Waals surface area contributed by atoms with Crippen molar-refractivity contribution >= 4 is 34.2 Å². The normalized spacial score (nSPS) is 14.1. The lowest BCUT2D eigenvalue weighted by Gasteiger charge is -2.20. The molecule has 0 spiro atoms. The molecule has 3 aromatic rings. The number of carbonyl (C=O) groups is 3. The molecule has 2 aromatic carbocycles. The Balaban J connectivity index is 1.50. The van der Waals surface area contributed by atoms with Gasteiger partial charge in [-0.15, -0.1) is 0 Å². The number of hydrogen-bond donors (Lipinski definition) is 1. The van der Waals surface area contributed by atoms with E-state index in [-0.39, 0.29) is 12.5 Å². The van der Waals surface area contributed by atoms with E-state index in [1.165, 1.54) is 5.56 Å². The molecule has 0 bridgehead atoms. The van der Waals surface area contributed by atoms with Gasteiger partial charge in [0.15, 0.2) is 0 Å². The first-order valence-corrected chi connectivity index (χ1v) is 12.4. The molecule has 4 rings (SSSR count). The van der Waals surface area contributed by atoms with Gasteiger partial charge < -0.3 is 14.8 Å². The van der Waals surface area contributed by atoms with Crippen molar-refractivity contribution in [2.24, 2.45) is 0 Å². The zero-order valence-electron chi connectivity index (χ0n) is 19.9. The number of unbranched alkanes of at least 4 members (excludes halogenated alkanes) is 1. The average Bonchev–Trinajstić information content (AvgIpc) is 3.02. The van der Waals surface area contributed by atoms with Crippen LogP contribution in [0.4, 0.5) is 5.69 Å². The van der Waals surface area contributed by atoms with Crippen LogP contribution in [0.3, 0.4) is 0 Å². The summed E-state index contributed by atoms with van der Waals surface area (Å²) >= 11 is 0. The predicted molar refractivity (Wildman–Crippen MR) is 135 cm³/mol. The molecule has 34 heavy (non-hydrogen) atoms. The highest BCUT2D eigenvalue weighted by Crippen LogP contribution is 2.23. The average molecular weight is 460 g/mol. The van der Waals surface area contributed by atoms with Crippen molar-refractivity contribution in [1.29, 1.82) is 0 Å². The number of rotatable bonds is 8. The molecule has 0 radical (unpaired) electrons. The second kappa shape index (κ2) is 11.1. The van der Waals surface area contributed by atoms with Crippen LogP contribution < -0.4 is 5.32 Å². The van der Waals surface area contributed by atoms with E-state index < -0.39 is 11.7 Å². The van der Waals surface area contributed by atoms with Gasteiger partial charge in [-0.05, 0) is 49.4 Å². The number of para-hydroxylation sites is 1. The molecule has 1 saturated heterocycles. The van der Waals surface area contributed by atoms with Gasteiger partial charge in [0, 0.05) is 35.9 Å². The van der Waals surface area contributed by atoms with Crippen LogP contribution in [0.5, 0.6) is 0 Å². The number of aryl methyl sites for hydroxylation is 1. The minimum atomic E-state index is -0.678. The van der Waals surface area contributed by atoms with E-state index in [0.29, 0.717) is 16.6 Å². The number of aromatic nitrogens is 1. The molecule has 0 saturated carbocycles. The Bertz CT molecular complexity index is 1160. The number of ketones is 1. The Hall–Kier alpha value is -3.41. The van der Waals surface area contributed by atoms with E-state index in [4.69, 9.17) is 0 Å². The van der Waals surface area contributed by atoms with Crippen LogP contribution in [0.15, 0.2) is 54.7 Å². The third-order valence-electron chi connectivity index (χ3n) is 6.53. The Morgan fingerprint density at radius 1 is 0.912 bits per heavy atom.